The van der Waals surface area contributed by atoms with E-state index in [-0.39, 0.29) is 32.1 Å². The van der Waals surface area contributed by atoms with Crippen molar-refractivity contribution in [2.45, 2.75) is 180 Å². The molecule has 0 heterocycles. The molecule has 0 saturated carbocycles. The molecular weight excluding hydrogens is 653 g/mol. The molecule has 2 unspecified atom stereocenters. The molecule has 0 saturated heterocycles. The van der Waals surface area contributed by atoms with Crippen LogP contribution in [0.3, 0.4) is 0 Å². The Hall–Kier alpha value is -1.77. The van der Waals surface area contributed by atoms with Gasteiger partial charge in [0, 0.05) is 19.4 Å². The Balaban J connectivity index is 3.64. The van der Waals surface area contributed by atoms with Crippen LogP contribution in [0.2, 0.25) is 0 Å². The topological polar surface area (TPSA) is 131 Å². The summed E-state index contributed by atoms with van der Waals surface area (Å²) >= 11 is 0. The lowest BCUT2D eigenvalue weighted by Gasteiger charge is -2.15. The summed E-state index contributed by atoms with van der Waals surface area (Å²) in [6, 6.07) is 0. The van der Waals surface area contributed by atoms with E-state index in [9.17, 15) is 24.2 Å². The van der Waals surface area contributed by atoms with Gasteiger partial charge >= 0.3 is 13.8 Å². The molecule has 2 atom stereocenters. The zero-order valence-electron chi connectivity index (χ0n) is 31.8. The number of carbonyl (C=O) groups excluding carboxylic acids is 2. The van der Waals surface area contributed by atoms with Gasteiger partial charge in [0.25, 0.3) is 0 Å². The van der Waals surface area contributed by atoms with Gasteiger partial charge in [-0.25, -0.2) is 4.57 Å². The van der Waals surface area contributed by atoms with Crippen molar-refractivity contribution in [3.63, 3.8) is 0 Å². The van der Waals surface area contributed by atoms with Crippen molar-refractivity contribution < 1.29 is 37.9 Å². The van der Waals surface area contributed by atoms with E-state index in [0.29, 0.717) is 6.42 Å². The number of aliphatic hydroxyl groups excluding tert-OH is 1. The number of phosphoric acid groups is 1. The Morgan fingerprint density at radius 1 is 0.620 bits per heavy atom. The standard InChI is InChI=1S/C40H74NO8P/c1-3-5-7-9-11-13-15-17-18-19-20-21-23-25-27-29-31-33-40(44)47-36-38(42)37-49-50(45,46)48-35-34-41-39(43)32-30-28-26-24-22-16-14-12-10-8-6-4-2/h11-14,17-18,38,42H,3-10,15-16,19-37H2,1-2H3,(H,41,43)(H,45,46)/b13-11-,14-12-,18-17-. The number of aliphatic hydroxyl groups is 1. The average Bonchev–Trinajstić information content (AvgIpc) is 3.10. The number of allylic oxidation sites excluding steroid dienone is 6. The van der Waals surface area contributed by atoms with Gasteiger partial charge in [0.05, 0.1) is 13.2 Å². The summed E-state index contributed by atoms with van der Waals surface area (Å²) in [6.07, 6.45) is 39.2. The molecule has 292 valence electrons. The largest absolute Gasteiger partial charge is 0.472 e. The van der Waals surface area contributed by atoms with E-state index in [1.54, 1.807) is 0 Å². The normalized spacial score (nSPS) is 13.8. The number of unbranched alkanes of at least 4 members (excludes halogenated alkanes) is 18. The van der Waals surface area contributed by atoms with E-state index in [1.807, 2.05) is 0 Å². The van der Waals surface area contributed by atoms with E-state index in [0.717, 1.165) is 70.6 Å². The van der Waals surface area contributed by atoms with E-state index in [2.05, 4.69) is 55.6 Å². The third kappa shape index (κ3) is 37.5. The minimum atomic E-state index is -4.41. The van der Waals surface area contributed by atoms with Gasteiger partial charge in [0.2, 0.25) is 5.91 Å². The Labute approximate surface area is 305 Å². The van der Waals surface area contributed by atoms with E-state index >= 15 is 0 Å². The second-order valence-electron chi connectivity index (χ2n) is 13.2. The zero-order valence-corrected chi connectivity index (χ0v) is 32.7. The highest BCUT2D eigenvalue weighted by molar-refractivity contribution is 7.47. The predicted molar refractivity (Wildman–Crippen MR) is 206 cm³/mol. The van der Waals surface area contributed by atoms with E-state index in [4.69, 9.17) is 13.8 Å². The lowest BCUT2D eigenvalue weighted by Crippen LogP contribution is -2.27. The van der Waals surface area contributed by atoms with Crippen LogP contribution in [0.15, 0.2) is 36.5 Å². The predicted octanol–water partition coefficient (Wildman–Crippen LogP) is 10.6. The molecule has 3 N–H and O–H groups in total. The number of ether oxygens (including phenoxy) is 1. The van der Waals surface area contributed by atoms with Gasteiger partial charge in [-0.1, -0.05) is 127 Å². The monoisotopic (exact) mass is 728 g/mol. The molecule has 0 spiro atoms. The van der Waals surface area contributed by atoms with Gasteiger partial charge in [0.15, 0.2) is 0 Å². The number of rotatable bonds is 37. The fourth-order valence-corrected chi connectivity index (χ4v) is 5.98. The Morgan fingerprint density at radius 3 is 1.62 bits per heavy atom. The van der Waals surface area contributed by atoms with Crippen LogP contribution in [0, 0.1) is 0 Å². The van der Waals surface area contributed by atoms with E-state index in [1.165, 1.54) is 77.0 Å². The number of hydrogen-bond donors (Lipinski definition) is 3. The van der Waals surface area contributed by atoms with Crippen molar-refractivity contribution >= 4 is 19.7 Å². The first-order chi connectivity index (χ1) is 24.3. The maximum Gasteiger partial charge on any atom is 0.472 e. The second-order valence-corrected chi connectivity index (χ2v) is 14.7. The summed E-state index contributed by atoms with van der Waals surface area (Å²) in [5, 5.41) is 12.7. The van der Waals surface area contributed by atoms with Crippen LogP contribution in [0.1, 0.15) is 174 Å². The molecule has 0 aromatic carbocycles. The van der Waals surface area contributed by atoms with Gasteiger partial charge in [-0.15, -0.1) is 0 Å². The highest BCUT2D eigenvalue weighted by atomic mass is 31.2. The van der Waals surface area contributed by atoms with Crippen molar-refractivity contribution in [3.8, 4) is 0 Å². The van der Waals surface area contributed by atoms with Crippen molar-refractivity contribution in [1.29, 1.82) is 0 Å². The van der Waals surface area contributed by atoms with Crippen LogP contribution in [0.4, 0.5) is 0 Å². The second kappa shape index (κ2) is 37.0. The number of nitrogens with one attached hydrogen (secondary N) is 1. The van der Waals surface area contributed by atoms with Crippen LogP contribution >= 0.6 is 7.82 Å². The van der Waals surface area contributed by atoms with Crippen LogP contribution in [-0.4, -0.2) is 54.3 Å². The van der Waals surface area contributed by atoms with E-state index < -0.39 is 26.5 Å². The summed E-state index contributed by atoms with van der Waals surface area (Å²) in [7, 11) is -4.41. The van der Waals surface area contributed by atoms with Crippen LogP contribution in [0.25, 0.3) is 0 Å². The molecule has 0 fully saturated rings. The fourth-order valence-electron chi connectivity index (χ4n) is 5.23. The Bertz CT molecular complexity index is 923. The highest BCUT2D eigenvalue weighted by Gasteiger charge is 2.23. The van der Waals surface area contributed by atoms with Gasteiger partial charge in [-0.3, -0.25) is 18.6 Å². The van der Waals surface area contributed by atoms with Crippen LogP contribution < -0.4 is 5.32 Å². The Morgan fingerprint density at radius 2 is 1.08 bits per heavy atom. The maximum atomic E-state index is 12.1. The van der Waals surface area contributed by atoms with Crippen LogP contribution in [-0.2, 0) is 27.9 Å². The molecule has 0 bridgehead atoms. The molecule has 0 aromatic heterocycles. The first kappa shape index (κ1) is 48.2. The number of amides is 1. The fraction of sp³-hybridized carbons (Fsp3) is 0.800. The van der Waals surface area contributed by atoms with Crippen molar-refractivity contribution in [3.05, 3.63) is 36.5 Å². The number of hydrogen-bond acceptors (Lipinski definition) is 7. The van der Waals surface area contributed by atoms with Crippen LogP contribution in [0.5, 0.6) is 0 Å². The minimum absolute atomic E-state index is 0.0761. The molecular formula is C40H74NO8P. The quantitative estimate of drug-likeness (QED) is 0.0249. The molecule has 50 heavy (non-hydrogen) atoms. The number of esters is 1. The zero-order chi connectivity index (χ0) is 36.8. The first-order valence-electron chi connectivity index (χ1n) is 20.0. The molecule has 1 amide bonds. The van der Waals surface area contributed by atoms with Gasteiger partial charge in [0.1, 0.15) is 12.7 Å². The van der Waals surface area contributed by atoms with Gasteiger partial charge < -0.3 is 20.1 Å². The summed E-state index contributed by atoms with van der Waals surface area (Å²) in [5.41, 5.74) is 0. The Kier molecular flexibility index (Phi) is 35.7. The van der Waals surface area contributed by atoms with Gasteiger partial charge in [-0.05, 0) is 70.6 Å². The third-order valence-electron chi connectivity index (χ3n) is 8.29. The SMILES string of the molecule is CCCCC/C=C\C/C=C\CCCCCCCCCC(=O)OCC(O)COP(=O)(O)OCCNC(=O)CCCCCCC/C=C\CCCCC. The smallest absolute Gasteiger partial charge is 0.463 e. The first-order valence-corrected chi connectivity index (χ1v) is 21.5. The molecule has 0 aliphatic heterocycles. The maximum absolute atomic E-state index is 12.1. The number of phosphoric ester groups is 1. The molecule has 0 aliphatic carbocycles. The minimum Gasteiger partial charge on any atom is -0.463 e. The average molecular weight is 728 g/mol. The highest BCUT2D eigenvalue weighted by Crippen LogP contribution is 2.42. The molecule has 0 rings (SSSR count). The summed E-state index contributed by atoms with van der Waals surface area (Å²) < 4.78 is 26.8. The third-order valence-corrected chi connectivity index (χ3v) is 9.28. The van der Waals surface area contributed by atoms with Gasteiger partial charge in [-0.2, -0.15) is 0 Å². The summed E-state index contributed by atoms with van der Waals surface area (Å²) in [6.45, 7) is 3.47. The lowest BCUT2D eigenvalue weighted by atomic mass is 10.1. The van der Waals surface area contributed by atoms with Crippen molar-refractivity contribution in [2.75, 3.05) is 26.4 Å². The summed E-state index contributed by atoms with van der Waals surface area (Å²) in [4.78, 5) is 33.8. The van der Waals surface area contributed by atoms with Crippen molar-refractivity contribution in [1.82, 2.24) is 5.32 Å². The number of carbonyl (C=O) groups is 2. The molecule has 10 heteroatoms. The molecule has 0 aromatic rings. The molecule has 0 radical (unpaired) electrons. The molecule has 0 aliphatic rings. The van der Waals surface area contributed by atoms with Crippen molar-refractivity contribution in [2.24, 2.45) is 0 Å². The summed E-state index contributed by atoms with van der Waals surface area (Å²) in [5.74, 6) is -0.535. The lowest BCUT2D eigenvalue weighted by molar-refractivity contribution is -0.147. The molecule has 9 nitrogen and oxygen atoms in total.